The summed E-state index contributed by atoms with van der Waals surface area (Å²) in [5.74, 6) is -2.96. The first-order valence-corrected chi connectivity index (χ1v) is 11.5. The van der Waals surface area contributed by atoms with E-state index >= 15 is 0 Å². The fourth-order valence-corrected chi connectivity index (χ4v) is 5.38. The monoisotopic (exact) mass is 491 g/mol. The number of ketones is 1. The molecule has 2 heterocycles. The Morgan fingerprint density at radius 2 is 1.97 bits per heavy atom. The molecule has 2 N–H and O–H groups in total. The maximum Gasteiger partial charge on any atom is 0.522 e. The zero-order chi connectivity index (χ0) is 25.4. The Morgan fingerprint density at radius 1 is 1.29 bits per heavy atom. The highest BCUT2D eigenvalue weighted by atomic mass is 19.4. The van der Waals surface area contributed by atoms with Gasteiger partial charge in [0.2, 0.25) is 11.8 Å². The molecule has 0 bridgehead atoms. The number of hydrogen-bond donors (Lipinski definition) is 2. The molecule has 2 aliphatic heterocycles. The Balaban J connectivity index is 1.78. The minimum Gasteiger partial charge on any atom is -0.372 e. The summed E-state index contributed by atoms with van der Waals surface area (Å²) < 4.78 is 46.4. The molecular formula is C22H32F3N3O6. The molecule has 0 aromatic heterocycles. The van der Waals surface area contributed by atoms with Crippen LogP contribution >= 0.6 is 0 Å². The minimum absolute atomic E-state index is 0.0879. The van der Waals surface area contributed by atoms with Crippen LogP contribution < -0.4 is 10.6 Å². The number of halogens is 3. The summed E-state index contributed by atoms with van der Waals surface area (Å²) in [7, 11) is 1.41. The van der Waals surface area contributed by atoms with Gasteiger partial charge in [-0.25, -0.2) is 0 Å². The van der Waals surface area contributed by atoms with Crippen molar-refractivity contribution in [2.24, 2.45) is 23.2 Å². The summed E-state index contributed by atoms with van der Waals surface area (Å²) in [6.45, 7) is 5.21. The number of rotatable bonds is 10. The van der Waals surface area contributed by atoms with Crippen LogP contribution in [0, 0.1) is 23.2 Å². The van der Waals surface area contributed by atoms with Gasteiger partial charge in [0.15, 0.2) is 5.78 Å². The molecule has 0 aromatic rings. The summed E-state index contributed by atoms with van der Waals surface area (Å²) in [5, 5.41) is 5.16. The average Bonchev–Trinajstić information content (AvgIpc) is 3.12. The largest absolute Gasteiger partial charge is 0.522 e. The number of carbonyl (C=O) groups is 4. The molecule has 0 aromatic carbocycles. The number of piperidine rings is 1. The molecule has 3 unspecified atom stereocenters. The van der Waals surface area contributed by atoms with Crippen molar-refractivity contribution in [3.8, 4) is 0 Å². The fourth-order valence-electron chi connectivity index (χ4n) is 5.38. The molecule has 1 aliphatic carbocycles. The van der Waals surface area contributed by atoms with Crippen molar-refractivity contribution in [1.82, 2.24) is 15.5 Å². The molecule has 2 saturated heterocycles. The van der Waals surface area contributed by atoms with Gasteiger partial charge in [0.1, 0.15) is 18.8 Å². The SMILES string of the molecule is CCC(OC)C(=O)N1C[C@H]2[C@@H]([C@H]1C(=O)NC(CC1CCNC1=O)C(=O)COC(F)(F)F)C2(C)C. The van der Waals surface area contributed by atoms with Crippen molar-refractivity contribution in [3.05, 3.63) is 0 Å². The highest BCUT2D eigenvalue weighted by molar-refractivity contribution is 5.95. The number of ether oxygens (including phenoxy) is 2. The van der Waals surface area contributed by atoms with E-state index in [2.05, 4.69) is 15.4 Å². The number of nitrogens with zero attached hydrogens (tertiary/aromatic N) is 1. The number of hydrogen-bond acceptors (Lipinski definition) is 6. The van der Waals surface area contributed by atoms with Crippen molar-refractivity contribution in [3.63, 3.8) is 0 Å². The molecule has 3 amide bonds. The van der Waals surface area contributed by atoms with Gasteiger partial charge in [-0.05, 0) is 36.5 Å². The Labute approximate surface area is 196 Å². The van der Waals surface area contributed by atoms with Crippen LogP contribution in [0.25, 0.3) is 0 Å². The Kier molecular flexibility index (Phi) is 7.61. The molecule has 0 radical (unpaired) electrons. The van der Waals surface area contributed by atoms with Crippen molar-refractivity contribution in [2.75, 3.05) is 26.8 Å². The van der Waals surface area contributed by atoms with E-state index in [9.17, 15) is 32.3 Å². The number of amides is 3. The lowest BCUT2D eigenvalue weighted by Gasteiger charge is -2.33. The maximum atomic E-state index is 13.4. The summed E-state index contributed by atoms with van der Waals surface area (Å²) in [6.07, 6.45) is -5.08. The normalized spacial score (nSPS) is 29.3. The van der Waals surface area contributed by atoms with E-state index in [4.69, 9.17) is 4.74 Å². The second kappa shape index (κ2) is 9.80. The third kappa shape index (κ3) is 5.37. The van der Waals surface area contributed by atoms with E-state index in [1.807, 2.05) is 13.8 Å². The molecule has 192 valence electrons. The summed E-state index contributed by atoms with van der Waals surface area (Å²) in [6, 6.07) is -2.24. The zero-order valence-corrected chi connectivity index (χ0v) is 19.7. The molecule has 6 atom stereocenters. The number of fused-ring (bicyclic) bond motifs is 1. The molecule has 3 aliphatic rings. The minimum atomic E-state index is -5.01. The molecule has 3 fully saturated rings. The van der Waals surface area contributed by atoms with Crippen LogP contribution in [-0.2, 0) is 28.7 Å². The summed E-state index contributed by atoms with van der Waals surface area (Å²) in [5.41, 5.74) is -0.197. The fraction of sp³-hybridized carbons (Fsp3) is 0.818. The zero-order valence-electron chi connectivity index (χ0n) is 19.7. The van der Waals surface area contributed by atoms with Crippen molar-refractivity contribution < 1.29 is 41.8 Å². The second-order valence-electron chi connectivity index (χ2n) is 9.80. The van der Waals surface area contributed by atoms with E-state index < -0.39 is 48.8 Å². The third-order valence-electron chi connectivity index (χ3n) is 7.46. The van der Waals surface area contributed by atoms with Crippen molar-refractivity contribution >= 4 is 23.5 Å². The lowest BCUT2D eigenvalue weighted by Crippen LogP contribution is -2.56. The standard InChI is InChI=1S/C22H32F3N3O6/c1-5-15(33-4)20(32)28-9-12-16(21(12,2)3)17(28)19(31)27-13(8-11-6-7-26-18(11)30)14(29)10-34-22(23,24)25/h11-13,15-17H,5-10H2,1-4H3,(H,26,30)(H,27,31)/t11?,12-,13?,15?,16-,17-/m0/s1. The van der Waals surface area contributed by atoms with Crippen LogP contribution in [0.4, 0.5) is 13.2 Å². The predicted octanol–water partition coefficient (Wildman–Crippen LogP) is 1.01. The number of likely N-dealkylation sites (tertiary alicyclic amines) is 1. The Morgan fingerprint density at radius 3 is 2.50 bits per heavy atom. The number of Topliss-reactive ketones (excluding diaryl/α,β-unsaturated/α-hetero) is 1. The highest BCUT2D eigenvalue weighted by Gasteiger charge is 2.69. The topological polar surface area (TPSA) is 114 Å². The molecule has 0 spiro atoms. The molecule has 9 nitrogen and oxygen atoms in total. The quantitative estimate of drug-likeness (QED) is 0.472. The Hall–Kier alpha value is -2.21. The van der Waals surface area contributed by atoms with Gasteiger partial charge in [-0.3, -0.25) is 23.9 Å². The predicted molar refractivity (Wildman–Crippen MR) is 112 cm³/mol. The number of alkyl halides is 3. The lowest BCUT2D eigenvalue weighted by molar-refractivity contribution is -0.321. The summed E-state index contributed by atoms with van der Waals surface area (Å²) >= 11 is 0. The molecule has 12 heteroatoms. The first kappa shape index (κ1) is 26.4. The summed E-state index contributed by atoms with van der Waals surface area (Å²) in [4.78, 5) is 52.5. The molecular weight excluding hydrogens is 459 g/mol. The van der Waals surface area contributed by atoms with Crippen LogP contribution in [0.5, 0.6) is 0 Å². The molecule has 3 rings (SSSR count). The van der Waals surface area contributed by atoms with Gasteiger partial charge in [0, 0.05) is 26.1 Å². The van der Waals surface area contributed by atoms with Crippen LogP contribution in [0.15, 0.2) is 0 Å². The lowest BCUT2D eigenvalue weighted by atomic mass is 9.94. The van der Waals surface area contributed by atoms with Crippen LogP contribution in [0.3, 0.4) is 0 Å². The smallest absolute Gasteiger partial charge is 0.372 e. The van der Waals surface area contributed by atoms with Crippen LogP contribution in [0.1, 0.15) is 40.0 Å². The number of nitrogens with one attached hydrogen (secondary N) is 2. The molecule has 34 heavy (non-hydrogen) atoms. The van der Waals surface area contributed by atoms with Crippen molar-refractivity contribution in [1.29, 1.82) is 0 Å². The van der Waals surface area contributed by atoms with Gasteiger partial charge in [-0.1, -0.05) is 20.8 Å². The van der Waals surface area contributed by atoms with Crippen LogP contribution in [-0.4, -0.2) is 79.8 Å². The highest BCUT2D eigenvalue weighted by Crippen LogP contribution is 2.65. The van der Waals surface area contributed by atoms with Crippen LogP contribution in [0.2, 0.25) is 0 Å². The van der Waals surface area contributed by atoms with Gasteiger partial charge in [-0.2, -0.15) is 0 Å². The first-order chi connectivity index (χ1) is 15.8. The van der Waals surface area contributed by atoms with E-state index in [1.54, 1.807) is 6.92 Å². The van der Waals surface area contributed by atoms with E-state index in [0.717, 1.165) is 0 Å². The third-order valence-corrected chi connectivity index (χ3v) is 7.46. The second-order valence-corrected chi connectivity index (χ2v) is 9.80. The van der Waals surface area contributed by atoms with Gasteiger partial charge < -0.3 is 20.3 Å². The number of carbonyl (C=O) groups excluding carboxylic acids is 4. The van der Waals surface area contributed by atoms with Gasteiger partial charge in [0.25, 0.3) is 5.91 Å². The average molecular weight is 492 g/mol. The van der Waals surface area contributed by atoms with E-state index in [1.165, 1.54) is 12.0 Å². The van der Waals surface area contributed by atoms with Crippen molar-refractivity contribution in [2.45, 2.75) is 64.6 Å². The van der Waals surface area contributed by atoms with E-state index in [-0.39, 0.29) is 35.5 Å². The molecule has 1 saturated carbocycles. The Bertz CT molecular complexity index is 829. The van der Waals surface area contributed by atoms with Gasteiger partial charge >= 0.3 is 6.36 Å². The van der Waals surface area contributed by atoms with Gasteiger partial charge in [-0.15, -0.1) is 13.2 Å². The first-order valence-electron chi connectivity index (χ1n) is 11.5. The number of methoxy groups -OCH3 is 1. The van der Waals surface area contributed by atoms with Gasteiger partial charge in [0.05, 0.1) is 6.04 Å². The maximum absolute atomic E-state index is 13.4. The van der Waals surface area contributed by atoms with E-state index in [0.29, 0.717) is 25.9 Å².